The van der Waals surface area contributed by atoms with Gasteiger partial charge in [0.15, 0.2) is 0 Å². The van der Waals surface area contributed by atoms with Crippen molar-refractivity contribution in [3.63, 3.8) is 0 Å². The first-order chi connectivity index (χ1) is 10.2. The zero-order chi connectivity index (χ0) is 14.8. The van der Waals surface area contributed by atoms with Crippen molar-refractivity contribution in [2.24, 2.45) is 0 Å². The predicted octanol–water partition coefficient (Wildman–Crippen LogP) is 3.74. The highest BCUT2D eigenvalue weighted by molar-refractivity contribution is 5.86. The monoisotopic (exact) mass is 279 g/mol. The molecule has 5 heteroatoms. The van der Waals surface area contributed by atoms with E-state index in [-0.39, 0.29) is 11.3 Å². The van der Waals surface area contributed by atoms with E-state index in [4.69, 9.17) is 10.00 Å². The quantitative estimate of drug-likeness (QED) is 0.717. The van der Waals surface area contributed by atoms with E-state index in [0.29, 0.717) is 11.3 Å². The van der Waals surface area contributed by atoms with Gasteiger partial charge in [-0.3, -0.25) is 0 Å². The Morgan fingerprint density at radius 3 is 2.76 bits per heavy atom. The third-order valence-corrected chi connectivity index (χ3v) is 3.12. The number of para-hydroxylation sites is 1. The SMILES string of the molecule is Cc1cccc2c(Oc3cccc(F)c3C#N)ncnc12. The zero-order valence-corrected chi connectivity index (χ0v) is 11.2. The number of benzene rings is 2. The third kappa shape index (κ3) is 2.28. The molecule has 0 amide bonds. The summed E-state index contributed by atoms with van der Waals surface area (Å²) in [6.07, 6.45) is 1.38. The Balaban J connectivity index is 2.14. The Labute approximate surface area is 120 Å². The second kappa shape index (κ2) is 5.17. The normalized spacial score (nSPS) is 10.3. The average molecular weight is 279 g/mol. The van der Waals surface area contributed by atoms with Crippen LogP contribution in [0.1, 0.15) is 11.1 Å². The van der Waals surface area contributed by atoms with E-state index in [1.165, 1.54) is 24.5 Å². The molecule has 0 bridgehead atoms. The number of aryl methyl sites for hydroxylation is 1. The molecule has 0 aliphatic rings. The molecule has 21 heavy (non-hydrogen) atoms. The summed E-state index contributed by atoms with van der Waals surface area (Å²) in [6.45, 7) is 1.93. The molecule has 3 rings (SSSR count). The maximum atomic E-state index is 13.6. The van der Waals surface area contributed by atoms with Gasteiger partial charge in [-0.25, -0.2) is 14.4 Å². The summed E-state index contributed by atoms with van der Waals surface area (Å²) in [5, 5.41) is 9.75. The second-order valence-electron chi connectivity index (χ2n) is 4.48. The number of nitriles is 1. The summed E-state index contributed by atoms with van der Waals surface area (Å²) in [6, 6.07) is 11.7. The van der Waals surface area contributed by atoms with E-state index in [0.717, 1.165) is 11.1 Å². The topological polar surface area (TPSA) is 58.8 Å². The molecule has 2 aromatic carbocycles. The minimum absolute atomic E-state index is 0.138. The molecule has 0 aliphatic carbocycles. The summed E-state index contributed by atoms with van der Waals surface area (Å²) in [5.74, 6) is -0.186. The summed E-state index contributed by atoms with van der Waals surface area (Å²) >= 11 is 0. The Morgan fingerprint density at radius 1 is 1.14 bits per heavy atom. The molecule has 4 nitrogen and oxygen atoms in total. The predicted molar refractivity (Wildman–Crippen MR) is 75.5 cm³/mol. The summed E-state index contributed by atoms with van der Waals surface area (Å²) in [5.41, 5.74) is 1.61. The molecule has 0 radical (unpaired) electrons. The van der Waals surface area contributed by atoms with Crippen molar-refractivity contribution in [3.8, 4) is 17.7 Å². The van der Waals surface area contributed by atoms with E-state index < -0.39 is 5.82 Å². The first-order valence-electron chi connectivity index (χ1n) is 6.27. The largest absolute Gasteiger partial charge is 0.437 e. The molecule has 0 aliphatic heterocycles. The van der Waals surface area contributed by atoms with Crippen molar-refractivity contribution < 1.29 is 9.13 Å². The van der Waals surface area contributed by atoms with Crippen LogP contribution in [0.3, 0.4) is 0 Å². The fourth-order valence-corrected chi connectivity index (χ4v) is 2.09. The molecule has 1 heterocycles. The molecule has 0 spiro atoms. The summed E-state index contributed by atoms with van der Waals surface area (Å²) in [7, 11) is 0. The second-order valence-corrected chi connectivity index (χ2v) is 4.48. The van der Waals surface area contributed by atoms with Crippen LogP contribution in [-0.2, 0) is 0 Å². The van der Waals surface area contributed by atoms with Gasteiger partial charge in [0, 0.05) is 0 Å². The lowest BCUT2D eigenvalue weighted by atomic mass is 10.1. The lowest BCUT2D eigenvalue weighted by molar-refractivity contribution is 0.461. The van der Waals surface area contributed by atoms with E-state index in [2.05, 4.69) is 9.97 Å². The van der Waals surface area contributed by atoms with Crippen LogP contribution in [0.4, 0.5) is 4.39 Å². The van der Waals surface area contributed by atoms with Crippen LogP contribution in [0, 0.1) is 24.1 Å². The number of halogens is 1. The van der Waals surface area contributed by atoms with Crippen molar-refractivity contribution in [3.05, 3.63) is 59.7 Å². The van der Waals surface area contributed by atoms with Crippen LogP contribution in [0.25, 0.3) is 10.9 Å². The van der Waals surface area contributed by atoms with E-state index in [1.807, 2.05) is 25.1 Å². The third-order valence-electron chi connectivity index (χ3n) is 3.12. The molecule has 3 aromatic rings. The van der Waals surface area contributed by atoms with E-state index in [1.54, 1.807) is 6.07 Å². The number of ether oxygens (including phenoxy) is 1. The Bertz CT molecular complexity index is 871. The van der Waals surface area contributed by atoms with Gasteiger partial charge in [0.25, 0.3) is 0 Å². The molecule has 0 saturated carbocycles. The van der Waals surface area contributed by atoms with Crippen LogP contribution < -0.4 is 4.74 Å². The van der Waals surface area contributed by atoms with Gasteiger partial charge < -0.3 is 4.74 Å². The van der Waals surface area contributed by atoms with Crippen LogP contribution >= 0.6 is 0 Å². The molecule has 102 valence electrons. The Kier molecular flexibility index (Phi) is 3.20. The maximum absolute atomic E-state index is 13.6. The first kappa shape index (κ1) is 13.0. The number of hydrogen-bond donors (Lipinski definition) is 0. The van der Waals surface area contributed by atoms with Crippen LogP contribution in [0.5, 0.6) is 11.6 Å². The van der Waals surface area contributed by atoms with Gasteiger partial charge >= 0.3 is 0 Å². The van der Waals surface area contributed by atoms with Gasteiger partial charge in [0.1, 0.15) is 29.5 Å². The molecule has 0 unspecified atom stereocenters. The highest BCUT2D eigenvalue weighted by Gasteiger charge is 2.13. The average Bonchev–Trinajstić information content (AvgIpc) is 2.49. The lowest BCUT2D eigenvalue weighted by Gasteiger charge is -2.09. The van der Waals surface area contributed by atoms with E-state index >= 15 is 0 Å². The molecule has 0 fully saturated rings. The van der Waals surface area contributed by atoms with Crippen molar-refractivity contribution in [1.82, 2.24) is 9.97 Å². The van der Waals surface area contributed by atoms with Crippen LogP contribution in [-0.4, -0.2) is 9.97 Å². The van der Waals surface area contributed by atoms with Gasteiger partial charge in [0.05, 0.1) is 10.9 Å². The molecular formula is C16H10FN3O. The standard InChI is InChI=1S/C16H10FN3O/c1-10-4-2-5-11-15(10)19-9-20-16(11)21-14-7-3-6-13(17)12(14)8-18/h2-7,9H,1H3. The molecule has 0 atom stereocenters. The maximum Gasteiger partial charge on any atom is 0.230 e. The summed E-state index contributed by atoms with van der Waals surface area (Å²) in [4.78, 5) is 8.30. The smallest absolute Gasteiger partial charge is 0.230 e. The van der Waals surface area contributed by atoms with Gasteiger partial charge in [-0.2, -0.15) is 5.26 Å². The molecular weight excluding hydrogens is 269 g/mol. The minimum atomic E-state index is -0.621. The number of hydrogen-bond acceptors (Lipinski definition) is 4. The van der Waals surface area contributed by atoms with Crippen LogP contribution in [0.15, 0.2) is 42.7 Å². The highest BCUT2D eigenvalue weighted by Crippen LogP contribution is 2.30. The lowest BCUT2D eigenvalue weighted by Crippen LogP contribution is -1.95. The van der Waals surface area contributed by atoms with Gasteiger partial charge in [-0.1, -0.05) is 18.2 Å². The Morgan fingerprint density at radius 2 is 1.95 bits per heavy atom. The highest BCUT2D eigenvalue weighted by atomic mass is 19.1. The fourth-order valence-electron chi connectivity index (χ4n) is 2.09. The molecule has 0 saturated heterocycles. The number of fused-ring (bicyclic) bond motifs is 1. The minimum Gasteiger partial charge on any atom is -0.437 e. The van der Waals surface area contributed by atoms with Crippen molar-refractivity contribution in [1.29, 1.82) is 5.26 Å². The van der Waals surface area contributed by atoms with Gasteiger partial charge in [-0.05, 0) is 30.7 Å². The first-order valence-corrected chi connectivity index (χ1v) is 6.27. The van der Waals surface area contributed by atoms with Crippen molar-refractivity contribution in [2.45, 2.75) is 6.92 Å². The fraction of sp³-hybridized carbons (Fsp3) is 0.0625. The van der Waals surface area contributed by atoms with Crippen LogP contribution in [0.2, 0.25) is 0 Å². The molecule has 0 N–H and O–H groups in total. The van der Waals surface area contributed by atoms with Crippen molar-refractivity contribution in [2.75, 3.05) is 0 Å². The Hall–Kier alpha value is -3.00. The zero-order valence-electron chi connectivity index (χ0n) is 11.2. The van der Waals surface area contributed by atoms with Crippen molar-refractivity contribution >= 4 is 10.9 Å². The van der Waals surface area contributed by atoms with Gasteiger partial charge in [0.2, 0.25) is 5.88 Å². The number of nitrogens with zero attached hydrogens (tertiary/aromatic N) is 3. The number of rotatable bonds is 2. The summed E-state index contributed by atoms with van der Waals surface area (Å²) < 4.78 is 19.2. The number of aromatic nitrogens is 2. The van der Waals surface area contributed by atoms with E-state index in [9.17, 15) is 4.39 Å². The van der Waals surface area contributed by atoms with Gasteiger partial charge in [-0.15, -0.1) is 0 Å². The molecule has 1 aromatic heterocycles.